The Morgan fingerprint density at radius 3 is 1.67 bits per heavy atom. The van der Waals surface area contributed by atoms with Crippen LogP contribution >= 0.6 is 0 Å². The van der Waals surface area contributed by atoms with Crippen LogP contribution in [-0.2, 0) is 0 Å². The highest BCUT2D eigenvalue weighted by Crippen LogP contribution is 2.47. The predicted octanol–water partition coefficient (Wildman–Crippen LogP) is 2.49. The van der Waals surface area contributed by atoms with E-state index in [1.54, 1.807) is 0 Å². The van der Waals surface area contributed by atoms with Gasteiger partial charge in [-0.2, -0.15) is 30.7 Å². The minimum Gasteiger partial charge on any atom is -0.265 e. The molecule has 0 fully saturated rings. The van der Waals surface area contributed by atoms with Crippen molar-refractivity contribution in [3.8, 4) is 0 Å². The molecule has 10 heteroatoms. The Balaban J connectivity index is 4.77. The zero-order valence-electron chi connectivity index (χ0n) is 6.82. The zero-order valence-corrected chi connectivity index (χ0v) is 6.82. The Kier molecular flexibility index (Phi) is 3.54. The number of nitrogens with zero attached hydrogens (tertiary/aromatic N) is 1. The molecule has 0 rings (SSSR count). The highest BCUT2D eigenvalue weighted by Gasteiger charge is 2.72. The third-order valence-electron chi connectivity index (χ3n) is 1.42. The Hall–Kier alpha value is -1.09. The van der Waals surface area contributed by atoms with Crippen molar-refractivity contribution in [1.29, 1.82) is 0 Å². The molecule has 0 atom stereocenters. The maximum absolute atomic E-state index is 12.3. The van der Waals surface area contributed by atoms with Crippen LogP contribution in [0.4, 0.5) is 30.7 Å². The van der Waals surface area contributed by atoms with Crippen LogP contribution in [0.1, 0.15) is 6.42 Å². The second-order valence-electron chi connectivity index (χ2n) is 2.58. The van der Waals surface area contributed by atoms with E-state index in [2.05, 4.69) is 0 Å². The normalized spacial score (nSPS) is 14.1. The lowest BCUT2D eigenvalue weighted by molar-refractivity contribution is -0.489. The van der Waals surface area contributed by atoms with Gasteiger partial charge in [-0.3, -0.25) is 10.1 Å². The van der Waals surface area contributed by atoms with E-state index in [0.29, 0.717) is 0 Å². The number of hydrogen-bond acceptors (Lipinski definition) is 2. The molecule has 0 aliphatic carbocycles. The number of rotatable bonds is 4. The van der Waals surface area contributed by atoms with E-state index in [9.17, 15) is 40.8 Å². The summed E-state index contributed by atoms with van der Waals surface area (Å²) in [6, 6.07) is 0. The van der Waals surface area contributed by atoms with Crippen LogP contribution in [-0.4, -0.2) is 29.5 Å². The first kappa shape index (κ1) is 13.9. The average Bonchev–Trinajstić information content (AvgIpc) is 1.98. The van der Waals surface area contributed by atoms with Crippen molar-refractivity contribution in [2.45, 2.75) is 24.4 Å². The molecule has 90 valence electrons. The van der Waals surface area contributed by atoms with Crippen LogP contribution in [0.2, 0.25) is 0 Å². The first-order chi connectivity index (χ1) is 6.42. The lowest BCUT2D eigenvalue weighted by Gasteiger charge is -2.26. The van der Waals surface area contributed by atoms with Gasteiger partial charge in [-0.15, -0.1) is 0 Å². The van der Waals surface area contributed by atoms with Gasteiger partial charge < -0.3 is 0 Å². The molecule has 0 aliphatic rings. The molecule has 0 unspecified atom stereocenters. The molecule has 15 heavy (non-hydrogen) atoms. The monoisotopic (exact) mass is 243 g/mol. The third kappa shape index (κ3) is 2.93. The molecule has 0 heterocycles. The molecule has 0 N–H and O–H groups in total. The van der Waals surface area contributed by atoms with Crippen LogP contribution in [0.3, 0.4) is 0 Å². The summed E-state index contributed by atoms with van der Waals surface area (Å²) >= 11 is 0. The van der Waals surface area contributed by atoms with E-state index in [1.165, 1.54) is 0 Å². The van der Waals surface area contributed by atoms with Gasteiger partial charge in [-0.05, 0) is 0 Å². The summed E-state index contributed by atoms with van der Waals surface area (Å²) in [5.74, 6) is -11.8. The molecule has 0 aromatic heterocycles. The van der Waals surface area contributed by atoms with E-state index in [4.69, 9.17) is 0 Å². The molecule has 0 bridgehead atoms. The summed E-state index contributed by atoms with van der Waals surface area (Å²) in [7, 11) is 0. The quantitative estimate of drug-likeness (QED) is 0.432. The Morgan fingerprint density at radius 1 is 1.00 bits per heavy atom. The van der Waals surface area contributed by atoms with Gasteiger partial charge in [0, 0.05) is 4.92 Å². The average molecular weight is 243 g/mol. The molecule has 0 amide bonds. The number of nitro groups is 1. The zero-order chi connectivity index (χ0) is 12.5. The summed E-state index contributed by atoms with van der Waals surface area (Å²) in [4.78, 5) is 8.17. The van der Waals surface area contributed by atoms with Crippen LogP contribution in [0, 0.1) is 10.1 Å². The SMILES string of the molecule is O=[N+]([O-])CCC(F)(F)C(F)(F)C(F)(F)F. The lowest BCUT2D eigenvalue weighted by Crippen LogP contribution is -2.52. The first-order valence-corrected chi connectivity index (χ1v) is 3.36. The topological polar surface area (TPSA) is 43.1 Å². The van der Waals surface area contributed by atoms with E-state index in [0.717, 1.165) is 0 Å². The fourth-order valence-corrected chi connectivity index (χ4v) is 0.596. The highest BCUT2D eigenvalue weighted by molar-refractivity contribution is 4.90. The Labute approximate surface area is 78.0 Å². The molecule has 0 aromatic carbocycles. The summed E-state index contributed by atoms with van der Waals surface area (Å²) in [5, 5.41) is 9.57. The summed E-state index contributed by atoms with van der Waals surface area (Å²) < 4.78 is 83.1. The van der Waals surface area contributed by atoms with Gasteiger partial charge in [0.25, 0.3) is 0 Å². The fourth-order valence-electron chi connectivity index (χ4n) is 0.596. The third-order valence-corrected chi connectivity index (χ3v) is 1.42. The van der Waals surface area contributed by atoms with Crippen molar-refractivity contribution < 1.29 is 35.7 Å². The van der Waals surface area contributed by atoms with Gasteiger partial charge in [0.1, 0.15) is 0 Å². The van der Waals surface area contributed by atoms with Gasteiger partial charge >= 0.3 is 18.0 Å². The van der Waals surface area contributed by atoms with Gasteiger partial charge in [-0.25, -0.2) is 0 Å². The van der Waals surface area contributed by atoms with Crippen molar-refractivity contribution in [1.82, 2.24) is 0 Å². The van der Waals surface area contributed by atoms with Crippen molar-refractivity contribution in [3.05, 3.63) is 10.1 Å². The van der Waals surface area contributed by atoms with E-state index in [1.807, 2.05) is 0 Å². The molecule has 0 saturated carbocycles. The molecular formula is C5H4F7NO2. The maximum Gasteiger partial charge on any atom is 0.459 e. The molecule has 0 aliphatic heterocycles. The van der Waals surface area contributed by atoms with Gasteiger partial charge in [0.05, 0.1) is 6.42 Å². The van der Waals surface area contributed by atoms with Gasteiger partial charge in [-0.1, -0.05) is 0 Å². The summed E-state index contributed by atoms with van der Waals surface area (Å²) in [5.41, 5.74) is 0. The van der Waals surface area contributed by atoms with Crippen LogP contribution < -0.4 is 0 Å². The molecule has 0 saturated heterocycles. The van der Waals surface area contributed by atoms with E-state index < -0.39 is 35.9 Å². The minimum absolute atomic E-state index is 1.40. The fraction of sp³-hybridized carbons (Fsp3) is 1.00. The van der Waals surface area contributed by atoms with Crippen LogP contribution in [0.25, 0.3) is 0 Å². The Bertz CT molecular complexity index is 248. The summed E-state index contributed by atoms with van der Waals surface area (Å²) in [6.45, 7) is -1.67. The number of hydrogen-bond donors (Lipinski definition) is 0. The molecular weight excluding hydrogens is 239 g/mol. The second-order valence-corrected chi connectivity index (χ2v) is 2.58. The molecule has 0 aromatic rings. The standard InChI is InChI=1S/C5H4F7NO2/c6-3(7,1-2-13(14)15)4(8,9)5(10,11)12/h1-2H2. The highest BCUT2D eigenvalue weighted by atomic mass is 19.4. The molecule has 0 radical (unpaired) electrons. The predicted molar refractivity (Wildman–Crippen MR) is 32.4 cm³/mol. The van der Waals surface area contributed by atoms with Gasteiger partial charge in [0.15, 0.2) is 0 Å². The van der Waals surface area contributed by atoms with Gasteiger partial charge in [0.2, 0.25) is 6.54 Å². The van der Waals surface area contributed by atoms with Crippen molar-refractivity contribution in [2.75, 3.05) is 6.54 Å². The van der Waals surface area contributed by atoms with Crippen molar-refractivity contribution in [2.24, 2.45) is 0 Å². The van der Waals surface area contributed by atoms with E-state index >= 15 is 0 Å². The Morgan fingerprint density at radius 2 is 1.40 bits per heavy atom. The molecule has 3 nitrogen and oxygen atoms in total. The summed E-state index contributed by atoms with van der Waals surface area (Å²) in [6.07, 6.45) is -8.61. The minimum atomic E-state index is -6.44. The molecule has 0 spiro atoms. The van der Waals surface area contributed by atoms with E-state index in [-0.39, 0.29) is 0 Å². The van der Waals surface area contributed by atoms with Crippen molar-refractivity contribution >= 4 is 0 Å². The maximum atomic E-state index is 12.3. The number of alkyl halides is 7. The smallest absolute Gasteiger partial charge is 0.265 e. The van der Waals surface area contributed by atoms with Crippen molar-refractivity contribution in [3.63, 3.8) is 0 Å². The largest absolute Gasteiger partial charge is 0.459 e. The first-order valence-electron chi connectivity index (χ1n) is 3.36. The van der Waals surface area contributed by atoms with Crippen LogP contribution in [0.5, 0.6) is 0 Å². The lowest BCUT2D eigenvalue weighted by atomic mass is 10.1. The second kappa shape index (κ2) is 3.81. The number of halogens is 7. The van der Waals surface area contributed by atoms with Crippen LogP contribution in [0.15, 0.2) is 0 Å².